The molecule has 1 aliphatic heterocycles. The van der Waals surface area contributed by atoms with Gasteiger partial charge in [-0.25, -0.2) is 0 Å². The molecule has 1 aliphatic rings. The zero-order valence-corrected chi connectivity index (χ0v) is 13.3. The van der Waals surface area contributed by atoms with Crippen LogP contribution in [0.3, 0.4) is 0 Å². The summed E-state index contributed by atoms with van der Waals surface area (Å²) in [5, 5.41) is 2.13. The van der Waals surface area contributed by atoms with Gasteiger partial charge in [0.25, 0.3) is 0 Å². The summed E-state index contributed by atoms with van der Waals surface area (Å²) in [7, 11) is 2.21. The minimum Gasteiger partial charge on any atom is -0.471 e. The Hall–Kier alpha value is -2.39. The first-order valence-electron chi connectivity index (χ1n) is 8.10. The lowest BCUT2D eigenvalue weighted by atomic mass is 10.0. The predicted octanol–water partition coefficient (Wildman–Crippen LogP) is 4.95. The first-order chi connectivity index (χ1) is 11.3. The van der Waals surface area contributed by atoms with Crippen molar-refractivity contribution in [1.82, 2.24) is 4.90 Å². The quantitative estimate of drug-likeness (QED) is 0.641. The molecule has 23 heavy (non-hydrogen) atoms. The lowest BCUT2D eigenvalue weighted by molar-refractivity contribution is 0.317. The zero-order valence-electron chi connectivity index (χ0n) is 13.3. The molecule has 0 amide bonds. The van der Waals surface area contributed by atoms with Crippen LogP contribution in [0.4, 0.5) is 5.69 Å². The summed E-state index contributed by atoms with van der Waals surface area (Å²) in [6.45, 7) is 1.20. The number of likely N-dealkylation sites (tertiary alicyclic amines) is 1. The highest BCUT2D eigenvalue weighted by atomic mass is 16.3. The van der Waals surface area contributed by atoms with Gasteiger partial charge < -0.3 is 4.42 Å². The van der Waals surface area contributed by atoms with Crippen LogP contribution in [0.15, 0.2) is 64.4 Å². The van der Waals surface area contributed by atoms with E-state index in [1.165, 1.54) is 24.9 Å². The molecule has 3 nitrogen and oxygen atoms in total. The molecule has 0 radical (unpaired) electrons. The molecular formula is C20H20N2O. The van der Waals surface area contributed by atoms with Gasteiger partial charge in [-0.15, -0.1) is 0 Å². The smallest absolute Gasteiger partial charge is 0.100 e. The molecule has 0 bridgehead atoms. The molecule has 1 atom stereocenters. The van der Waals surface area contributed by atoms with Crippen molar-refractivity contribution in [3.05, 3.63) is 66.1 Å². The van der Waals surface area contributed by atoms with Gasteiger partial charge in [-0.2, -0.15) is 0 Å². The van der Waals surface area contributed by atoms with Crippen molar-refractivity contribution in [3.63, 3.8) is 0 Å². The van der Waals surface area contributed by atoms with E-state index >= 15 is 0 Å². The molecule has 0 N–H and O–H groups in total. The van der Waals surface area contributed by atoms with Crippen LogP contribution in [-0.4, -0.2) is 24.7 Å². The first kappa shape index (κ1) is 14.2. The molecule has 3 heteroatoms. The van der Waals surface area contributed by atoms with E-state index in [0.29, 0.717) is 6.04 Å². The van der Waals surface area contributed by atoms with Gasteiger partial charge in [0, 0.05) is 23.0 Å². The van der Waals surface area contributed by atoms with Gasteiger partial charge in [0.15, 0.2) is 0 Å². The molecule has 4 rings (SSSR count). The summed E-state index contributed by atoms with van der Waals surface area (Å²) in [5.74, 6) is 0. The topological polar surface area (TPSA) is 28.7 Å². The van der Waals surface area contributed by atoms with Crippen molar-refractivity contribution in [2.24, 2.45) is 4.99 Å². The molecule has 0 aliphatic carbocycles. The van der Waals surface area contributed by atoms with Gasteiger partial charge >= 0.3 is 0 Å². The van der Waals surface area contributed by atoms with Gasteiger partial charge in [0.2, 0.25) is 0 Å². The number of benzene rings is 2. The van der Waals surface area contributed by atoms with Gasteiger partial charge in [-0.05, 0) is 43.6 Å². The van der Waals surface area contributed by atoms with Crippen LogP contribution in [0.5, 0.6) is 0 Å². The fraction of sp³-hybridized carbons (Fsp3) is 0.250. The molecule has 3 aromatic rings. The Kier molecular flexibility index (Phi) is 3.72. The summed E-state index contributed by atoms with van der Waals surface area (Å²) in [4.78, 5) is 7.06. The number of rotatable bonds is 3. The van der Waals surface area contributed by atoms with E-state index in [0.717, 1.165) is 22.0 Å². The van der Waals surface area contributed by atoms with Gasteiger partial charge in [0.05, 0.1) is 12.0 Å². The average Bonchev–Trinajstić information content (AvgIpc) is 3.22. The van der Waals surface area contributed by atoms with Gasteiger partial charge in [-0.3, -0.25) is 9.89 Å². The average molecular weight is 304 g/mol. The second kappa shape index (κ2) is 6.01. The fourth-order valence-corrected chi connectivity index (χ4v) is 3.37. The monoisotopic (exact) mass is 304 g/mol. The lowest BCUT2D eigenvalue weighted by Gasteiger charge is -2.19. The Morgan fingerprint density at radius 3 is 2.78 bits per heavy atom. The number of aliphatic imine (C=N–C) groups is 1. The normalized spacial score (nSPS) is 19.1. The standard InChI is InChI=1S/C20H20N2O/c1-22-11-3-6-20(22)16-9-7-15(8-10-16)12-21-19-5-2-4-17-13-23-14-18(17)19/h2,4-5,7-10,12-14,20H,3,6,11H2,1H3. The maximum atomic E-state index is 5.26. The number of furan rings is 1. The van der Waals surface area contributed by atoms with E-state index in [2.05, 4.69) is 41.2 Å². The van der Waals surface area contributed by atoms with Crippen molar-refractivity contribution in [3.8, 4) is 0 Å². The molecule has 2 aromatic carbocycles. The highest BCUT2D eigenvalue weighted by molar-refractivity contribution is 5.94. The van der Waals surface area contributed by atoms with Crippen LogP contribution in [0.25, 0.3) is 10.8 Å². The van der Waals surface area contributed by atoms with Crippen LogP contribution in [0, 0.1) is 0 Å². The largest absolute Gasteiger partial charge is 0.471 e. The predicted molar refractivity (Wildman–Crippen MR) is 94.5 cm³/mol. The van der Waals surface area contributed by atoms with Crippen molar-refractivity contribution in [1.29, 1.82) is 0 Å². The second-order valence-electron chi connectivity index (χ2n) is 6.22. The van der Waals surface area contributed by atoms with E-state index in [1.807, 2.05) is 24.4 Å². The van der Waals surface area contributed by atoms with E-state index in [4.69, 9.17) is 4.42 Å². The van der Waals surface area contributed by atoms with Crippen molar-refractivity contribution in [2.75, 3.05) is 13.6 Å². The van der Waals surface area contributed by atoms with Crippen LogP contribution in [-0.2, 0) is 0 Å². The third-order valence-corrected chi connectivity index (χ3v) is 4.69. The second-order valence-corrected chi connectivity index (χ2v) is 6.22. The SMILES string of the molecule is CN1CCCC1c1ccc(C=Nc2cccc3cocc23)cc1. The summed E-state index contributed by atoms with van der Waals surface area (Å²) in [5.41, 5.74) is 3.46. The Bertz CT molecular complexity index is 832. The summed E-state index contributed by atoms with van der Waals surface area (Å²) >= 11 is 0. The Morgan fingerprint density at radius 1 is 1.13 bits per heavy atom. The first-order valence-corrected chi connectivity index (χ1v) is 8.10. The number of hydrogen-bond acceptors (Lipinski definition) is 3. The number of hydrogen-bond donors (Lipinski definition) is 0. The number of nitrogens with zero attached hydrogens (tertiary/aromatic N) is 2. The molecule has 2 heterocycles. The Balaban J connectivity index is 1.56. The fourth-order valence-electron chi connectivity index (χ4n) is 3.37. The van der Waals surface area contributed by atoms with Crippen LogP contribution < -0.4 is 0 Å². The molecule has 1 saturated heterocycles. The highest BCUT2D eigenvalue weighted by Crippen LogP contribution is 2.30. The Morgan fingerprint density at radius 2 is 2.00 bits per heavy atom. The van der Waals surface area contributed by atoms with Crippen LogP contribution in [0.1, 0.15) is 30.0 Å². The maximum absolute atomic E-state index is 5.26. The van der Waals surface area contributed by atoms with Crippen LogP contribution in [0.2, 0.25) is 0 Å². The molecule has 1 fully saturated rings. The third-order valence-electron chi connectivity index (χ3n) is 4.69. The third kappa shape index (κ3) is 2.80. The summed E-state index contributed by atoms with van der Waals surface area (Å²) in [6, 6.07) is 15.4. The summed E-state index contributed by atoms with van der Waals surface area (Å²) in [6.07, 6.45) is 7.97. The zero-order chi connectivity index (χ0) is 15.6. The van der Waals surface area contributed by atoms with Crippen molar-refractivity contribution >= 4 is 22.7 Å². The van der Waals surface area contributed by atoms with E-state index < -0.39 is 0 Å². The van der Waals surface area contributed by atoms with Crippen molar-refractivity contribution < 1.29 is 4.42 Å². The van der Waals surface area contributed by atoms with Gasteiger partial charge in [-0.1, -0.05) is 36.4 Å². The summed E-state index contributed by atoms with van der Waals surface area (Å²) < 4.78 is 5.26. The maximum Gasteiger partial charge on any atom is 0.100 e. The highest BCUT2D eigenvalue weighted by Gasteiger charge is 2.21. The van der Waals surface area contributed by atoms with E-state index in [-0.39, 0.29) is 0 Å². The van der Waals surface area contributed by atoms with E-state index in [1.54, 1.807) is 12.5 Å². The van der Waals surface area contributed by atoms with Crippen LogP contribution >= 0.6 is 0 Å². The molecule has 116 valence electrons. The molecule has 0 spiro atoms. The van der Waals surface area contributed by atoms with Gasteiger partial charge in [0.1, 0.15) is 6.26 Å². The van der Waals surface area contributed by atoms with Crippen molar-refractivity contribution in [2.45, 2.75) is 18.9 Å². The minimum atomic E-state index is 0.570. The molecular weight excluding hydrogens is 284 g/mol. The molecule has 1 unspecified atom stereocenters. The number of fused-ring (bicyclic) bond motifs is 1. The Labute approximate surface area is 136 Å². The van der Waals surface area contributed by atoms with E-state index in [9.17, 15) is 0 Å². The lowest BCUT2D eigenvalue weighted by Crippen LogP contribution is -2.17. The molecule has 0 saturated carbocycles. The molecule has 1 aromatic heterocycles. The minimum absolute atomic E-state index is 0.570.